The zero-order valence-electron chi connectivity index (χ0n) is 12.5. The zero-order chi connectivity index (χ0) is 15.2. The van der Waals surface area contributed by atoms with Gasteiger partial charge in [0.05, 0.1) is 0 Å². The van der Waals surface area contributed by atoms with E-state index in [2.05, 4.69) is 32.7 Å². The average Bonchev–Trinajstić information content (AvgIpc) is 2.48. The number of aromatic nitrogens is 1. The Morgan fingerprint density at radius 1 is 1.38 bits per heavy atom. The Balaban J connectivity index is 1.82. The topological polar surface area (TPSA) is 62.5 Å². The Morgan fingerprint density at radius 3 is 2.67 bits per heavy atom. The van der Waals surface area contributed by atoms with Crippen LogP contribution in [0, 0.1) is 0 Å². The van der Waals surface area contributed by atoms with Crippen LogP contribution < -0.4 is 10.6 Å². The molecule has 1 aliphatic rings. The standard InChI is InChI=1S/C15H23BrN4O/c1-2-3-13(17)10-15(21)20-8-6-19(7-9-20)14-5-4-12(16)11-18-14/h4-5,11,13H,2-3,6-10,17H2,1H3. The van der Waals surface area contributed by atoms with Gasteiger partial charge in [0, 0.05) is 49.3 Å². The molecule has 0 aliphatic carbocycles. The first kappa shape index (κ1) is 16.2. The number of hydrogen-bond acceptors (Lipinski definition) is 4. The lowest BCUT2D eigenvalue weighted by Crippen LogP contribution is -2.50. The number of piperazine rings is 1. The van der Waals surface area contributed by atoms with Gasteiger partial charge >= 0.3 is 0 Å². The minimum absolute atomic E-state index is 0.00586. The van der Waals surface area contributed by atoms with E-state index in [1.54, 1.807) is 6.20 Å². The molecule has 2 N–H and O–H groups in total. The summed E-state index contributed by atoms with van der Waals surface area (Å²) < 4.78 is 0.977. The van der Waals surface area contributed by atoms with Crippen molar-refractivity contribution in [1.82, 2.24) is 9.88 Å². The van der Waals surface area contributed by atoms with E-state index in [4.69, 9.17) is 5.73 Å². The van der Waals surface area contributed by atoms with Crippen molar-refractivity contribution in [2.45, 2.75) is 32.2 Å². The van der Waals surface area contributed by atoms with Gasteiger partial charge in [0.2, 0.25) is 5.91 Å². The summed E-state index contributed by atoms with van der Waals surface area (Å²) in [5, 5.41) is 0. The second-order valence-electron chi connectivity index (χ2n) is 5.46. The van der Waals surface area contributed by atoms with Crippen molar-refractivity contribution in [2.24, 2.45) is 5.73 Å². The molecule has 2 rings (SSSR count). The number of halogens is 1. The summed E-state index contributed by atoms with van der Waals surface area (Å²) in [5.41, 5.74) is 5.95. The Hall–Kier alpha value is -1.14. The van der Waals surface area contributed by atoms with Crippen LogP contribution in [0.5, 0.6) is 0 Å². The van der Waals surface area contributed by atoms with Gasteiger partial charge < -0.3 is 15.5 Å². The Morgan fingerprint density at radius 2 is 2.10 bits per heavy atom. The molecule has 1 saturated heterocycles. The van der Waals surface area contributed by atoms with E-state index >= 15 is 0 Å². The lowest BCUT2D eigenvalue weighted by atomic mass is 10.1. The molecule has 5 nitrogen and oxygen atoms in total. The third-order valence-corrected chi connectivity index (χ3v) is 4.23. The molecule has 1 aliphatic heterocycles. The molecule has 1 aromatic heterocycles. The van der Waals surface area contributed by atoms with E-state index in [9.17, 15) is 4.79 Å². The minimum Gasteiger partial charge on any atom is -0.353 e. The van der Waals surface area contributed by atoms with Crippen molar-refractivity contribution in [2.75, 3.05) is 31.1 Å². The molecule has 1 aromatic rings. The highest BCUT2D eigenvalue weighted by Crippen LogP contribution is 2.17. The quantitative estimate of drug-likeness (QED) is 0.878. The number of nitrogens with zero attached hydrogens (tertiary/aromatic N) is 3. The molecule has 0 radical (unpaired) electrons. The predicted molar refractivity (Wildman–Crippen MR) is 88.2 cm³/mol. The van der Waals surface area contributed by atoms with Crippen LogP contribution in [0.1, 0.15) is 26.2 Å². The molecule has 1 atom stereocenters. The van der Waals surface area contributed by atoms with Crippen molar-refractivity contribution in [3.05, 3.63) is 22.8 Å². The van der Waals surface area contributed by atoms with Crippen molar-refractivity contribution >= 4 is 27.7 Å². The van der Waals surface area contributed by atoms with E-state index in [0.717, 1.165) is 49.3 Å². The van der Waals surface area contributed by atoms with Crippen molar-refractivity contribution in [3.8, 4) is 0 Å². The molecular weight excluding hydrogens is 332 g/mol. The highest BCUT2D eigenvalue weighted by atomic mass is 79.9. The molecule has 1 fully saturated rings. The van der Waals surface area contributed by atoms with Crippen LogP contribution in [0.2, 0.25) is 0 Å². The number of hydrogen-bond donors (Lipinski definition) is 1. The smallest absolute Gasteiger partial charge is 0.224 e. The summed E-state index contributed by atoms with van der Waals surface area (Å²) in [5.74, 6) is 1.15. The highest BCUT2D eigenvalue weighted by Gasteiger charge is 2.22. The summed E-state index contributed by atoms with van der Waals surface area (Å²) in [6.45, 7) is 5.23. The van der Waals surface area contributed by atoms with E-state index in [1.807, 2.05) is 17.0 Å². The number of pyridine rings is 1. The second kappa shape index (κ2) is 7.75. The van der Waals surface area contributed by atoms with Crippen LogP contribution in [-0.4, -0.2) is 48.0 Å². The lowest BCUT2D eigenvalue weighted by Gasteiger charge is -2.35. The van der Waals surface area contributed by atoms with Crippen LogP contribution in [0.3, 0.4) is 0 Å². The molecular formula is C15H23BrN4O. The SMILES string of the molecule is CCCC(N)CC(=O)N1CCN(c2ccc(Br)cn2)CC1. The van der Waals surface area contributed by atoms with E-state index < -0.39 is 0 Å². The minimum atomic E-state index is -0.00586. The fourth-order valence-corrected chi connectivity index (χ4v) is 2.80. The summed E-state index contributed by atoms with van der Waals surface area (Å²) in [6.07, 6.45) is 4.20. The van der Waals surface area contributed by atoms with Crippen molar-refractivity contribution in [3.63, 3.8) is 0 Å². The van der Waals surface area contributed by atoms with E-state index in [1.165, 1.54) is 0 Å². The largest absolute Gasteiger partial charge is 0.353 e. The maximum absolute atomic E-state index is 12.2. The van der Waals surface area contributed by atoms with Gasteiger partial charge in [-0.2, -0.15) is 0 Å². The van der Waals surface area contributed by atoms with Gasteiger partial charge in [-0.25, -0.2) is 4.98 Å². The predicted octanol–water partition coefficient (Wildman–Crippen LogP) is 2.01. The number of amides is 1. The monoisotopic (exact) mass is 354 g/mol. The molecule has 21 heavy (non-hydrogen) atoms. The summed E-state index contributed by atoms with van der Waals surface area (Å²) in [7, 11) is 0. The number of rotatable bonds is 5. The van der Waals surface area contributed by atoms with Crippen molar-refractivity contribution in [1.29, 1.82) is 0 Å². The van der Waals surface area contributed by atoms with Gasteiger partial charge in [0.1, 0.15) is 5.82 Å². The molecule has 116 valence electrons. The fourth-order valence-electron chi connectivity index (χ4n) is 2.57. The molecule has 0 saturated carbocycles. The molecule has 6 heteroatoms. The maximum atomic E-state index is 12.2. The number of anilines is 1. The van der Waals surface area contributed by atoms with Crippen LogP contribution >= 0.6 is 15.9 Å². The highest BCUT2D eigenvalue weighted by molar-refractivity contribution is 9.10. The second-order valence-corrected chi connectivity index (χ2v) is 6.37. The van der Waals surface area contributed by atoms with Crippen LogP contribution in [0.25, 0.3) is 0 Å². The van der Waals surface area contributed by atoms with Crippen LogP contribution in [0.15, 0.2) is 22.8 Å². The third kappa shape index (κ3) is 4.68. The first-order chi connectivity index (χ1) is 10.1. The van der Waals surface area contributed by atoms with Crippen LogP contribution in [-0.2, 0) is 4.79 Å². The number of nitrogens with two attached hydrogens (primary N) is 1. The molecule has 0 spiro atoms. The first-order valence-corrected chi connectivity index (χ1v) is 8.29. The van der Waals surface area contributed by atoms with Crippen molar-refractivity contribution < 1.29 is 4.79 Å². The van der Waals surface area contributed by atoms with Crippen LogP contribution in [0.4, 0.5) is 5.82 Å². The zero-order valence-corrected chi connectivity index (χ0v) is 14.1. The Labute approximate surface area is 134 Å². The molecule has 1 amide bonds. The maximum Gasteiger partial charge on any atom is 0.224 e. The molecule has 2 heterocycles. The summed E-state index contributed by atoms with van der Waals surface area (Å²) >= 11 is 3.39. The molecule has 0 bridgehead atoms. The number of carbonyl (C=O) groups excluding carboxylic acids is 1. The summed E-state index contributed by atoms with van der Waals surface area (Å²) in [4.78, 5) is 20.7. The lowest BCUT2D eigenvalue weighted by molar-refractivity contribution is -0.131. The third-order valence-electron chi connectivity index (χ3n) is 3.76. The Kier molecular flexibility index (Phi) is 5.99. The molecule has 0 aromatic carbocycles. The van der Waals surface area contributed by atoms with Gasteiger partial charge in [0.15, 0.2) is 0 Å². The van der Waals surface area contributed by atoms with Gasteiger partial charge in [-0.15, -0.1) is 0 Å². The van der Waals surface area contributed by atoms with E-state index in [-0.39, 0.29) is 11.9 Å². The van der Waals surface area contributed by atoms with Gasteiger partial charge in [-0.3, -0.25) is 4.79 Å². The van der Waals surface area contributed by atoms with Gasteiger partial charge in [0.25, 0.3) is 0 Å². The fraction of sp³-hybridized carbons (Fsp3) is 0.600. The Bertz CT molecular complexity index is 457. The molecule has 1 unspecified atom stereocenters. The number of carbonyl (C=O) groups is 1. The first-order valence-electron chi connectivity index (χ1n) is 7.50. The average molecular weight is 355 g/mol. The van der Waals surface area contributed by atoms with E-state index in [0.29, 0.717) is 6.42 Å². The van der Waals surface area contributed by atoms with Gasteiger partial charge in [-0.05, 0) is 34.5 Å². The van der Waals surface area contributed by atoms with Gasteiger partial charge in [-0.1, -0.05) is 13.3 Å². The summed E-state index contributed by atoms with van der Waals surface area (Å²) in [6, 6.07) is 3.98. The normalized spacial score (nSPS) is 16.9.